The average molecular weight is 373 g/mol. The first kappa shape index (κ1) is 23.4. The molecule has 3 nitrogen and oxygen atoms in total. The fourth-order valence-corrected chi connectivity index (χ4v) is 3.19. The van der Waals surface area contributed by atoms with E-state index in [9.17, 15) is 4.79 Å². The molecule has 152 valence electrons. The lowest BCUT2D eigenvalue weighted by Crippen LogP contribution is -2.16. The van der Waals surface area contributed by atoms with E-state index in [1.807, 2.05) is 24.3 Å². The Labute approximate surface area is 167 Å². The zero-order valence-electron chi connectivity index (χ0n) is 17.6. The number of nitrogens with one attached hydrogen (secondary N) is 1. The van der Waals surface area contributed by atoms with Crippen LogP contribution in [0.5, 0.6) is 0 Å². The number of aryl methyl sites for hydroxylation is 1. The van der Waals surface area contributed by atoms with Gasteiger partial charge in [-0.05, 0) is 18.9 Å². The van der Waals surface area contributed by atoms with Crippen LogP contribution in [0.2, 0.25) is 0 Å². The molecule has 0 atom stereocenters. The highest BCUT2D eigenvalue weighted by molar-refractivity contribution is 5.82. The third-order valence-electron chi connectivity index (χ3n) is 4.99. The first-order chi connectivity index (χ1) is 13.2. The maximum atomic E-state index is 11.8. The normalized spacial score (nSPS) is 11.2. The molecule has 0 unspecified atom stereocenters. The van der Waals surface area contributed by atoms with Gasteiger partial charge in [-0.25, -0.2) is 5.43 Å². The maximum absolute atomic E-state index is 11.8. The molecule has 1 amide bonds. The molecule has 0 fully saturated rings. The molecule has 0 saturated heterocycles. The molecular formula is C24H40N2O. The third kappa shape index (κ3) is 14.1. The van der Waals surface area contributed by atoms with Crippen molar-refractivity contribution in [3.05, 3.63) is 35.4 Å². The zero-order chi connectivity index (χ0) is 19.6. The van der Waals surface area contributed by atoms with Gasteiger partial charge in [0.15, 0.2) is 0 Å². The number of hydrazone groups is 1. The molecule has 1 rings (SSSR count). The molecule has 1 aromatic rings. The Hall–Kier alpha value is -1.64. The Morgan fingerprint density at radius 3 is 1.81 bits per heavy atom. The summed E-state index contributed by atoms with van der Waals surface area (Å²) in [5.74, 6) is 0.0152. The second-order valence-electron chi connectivity index (χ2n) is 7.70. The maximum Gasteiger partial charge on any atom is 0.240 e. The second kappa shape index (κ2) is 16.5. The number of rotatable bonds is 16. The van der Waals surface area contributed by atoms with Crippen LogP contribution < -0.4 is 5.43 Å². The quantitative estimate of drug-likeness (QED) is 0.191. The summed E-state index contributed by atoms with van der Waals surface area (Å²) in [7, 11) is 0. The van der Waals surface area contributed by atoms with Crippen LogP contribution in [-0.2, 0) is 4.79 Å². The van der Waals surface area contributed by atoms with Crippen molar-refractivity contribution in [2.45, 2.75) is 104 Å². The number of hydrogen-bond acceptors (Lipinski definition) is 2. The molecular weight excluding hydrogens is 332 g/mol. The van der Waals surface area contributed by atoms with E-state index < -0.39 is 0 Å². The van der Waals surface area contributed by atoms with Crippen LogP contribution in [0.1, 0.15) is 108 Å². The number of carbonyl (C=O) groups is 1. The SMILES string of the molecule is CCCCCCCCCCCCCCCC(=O)N/N=C/c1ccc(C)cc1. The predicted octanol–water partition coefficient (Wildman–Crippen LogP) is 6.93. The van der Waals surface area contributed by atoms with E-state index in [2.05, 4.69) is 24.4 Å². The molecule has 27 heavy (non-hydrogen) atoms. The summed E-state index contributed by atoms with van der Waals surface area (Å²) in [5, 5.41) is 4.03. The van der Waals surface area contributed by atoms with E-state index in [0.717, 1.165) is 18.4 Å². The average Bonchev–Trinajstić information content (AvgIpc) is 2.67. The summed E-state index contributed by atoms with van der Waals surface area (Å²) in [5.41, 5.74) is 4.84. The molecule has 1 aromatic carbocycles. The smallest absolute Gasteiger partial charge is 0.240 e. The van der Waals surface area contributed by atoms with Crippen molar-refractivity contribution in [2.75, 3.05) is 0 Å². The Morgan fingerprint density at radius 1 is 0.815 bits per heavy atom. The number of nitrogens with zero attached hydrogens (tertiary/aromatic N) is 1. The lowest BCUT2D eigenvalue weighted by molar-refractivity contribution is -0.121. The molecule has 0 bridgehead atoms. The number of benzene rings is 1. The van der Waals surface area contributed by atoms with Gasteiger partial charge in [-0.3, -0.25) is 4.79 Å². The molecule has 1 N–H and O–H groups in total. The summed E-state index contributed by atoms with van der Waals surface area (Å²) >= 11 is 0. The van der Waals surface area contributed by atoms with Gasteiger partial charge < -0.3 is 0 Å². The highest BCUT2D eigenvalue weighted by Gasteiger charge is 1.99. The van der Waals surface area contributed by atoms with Gasteiger partial charge in [0.2, 0.25) is 5.91 Å². The van der Waals surface area contributed by atoms with Gasteiger partial charge >= 0.3 is 0 Å². The highest BCUT2D eigenvalue weighted by Crippen LogP contribution is 2.12. The predicted molar refractivity (Wildman–Crippen MR) is 117 cm³/mol. The van der Waals surface area contributed by atoms with Crippen molar-refractivity contribution >= 4 is 12.1 Å². The van der Waals surface area contributed by atoms with Crippen molar-refractivity contribution in [1.29, 1.82) is 0 Å². The molecule has 0 aliphatic heterocycles. The van der Waals surface area contributed by atoms with Crippen molar-refractivity contribution in [3.8, 4) is 0 Å². The van der Waals surface area contributed by atoms with Crippen molar-refractivity contribution in [2.24, 2.45) is 5.10 Å². The van der Waals surface area contributed by atoms with Crippen molar-refractivity contribution < 1.29 is 4.79 Å². The van der Waals surface area contributed by atoms with E-state index in [-0.39, 0.29) is 5.91 Å². The number of carbonyl (C=O) groups excluding carboxylic acids is 1. The van der Waals surface area contributed by atoms with E-state index in [1.165, 1.54) is 76.2 Å². The molecule has 0 radical (unpaired) electrons. The number of amides is 1. The standard InChI is InChI=1S/C24H40N2O/c1-3-4-5-6-7-8-9-10-11-12-13-14-15-16-24(27)26-25-21-23-19-17-22(2)18-20-23/h17-21H,3-16H2,1-2H3,(H,26,27)/b25-21+. The summed E-state index contributed by atoms with van der Waals surface area (Å²) in [6.07, 6.45) is 19.5. The first-order valence-electron chi connectivity index (χ1n) is 11.1. The molecule has 0 heterocycles. The minimum absolute atomic E-state index is 0.0152. The van der Waals surface area contributed by atoms with Crippen molar-refractivity contribution in [1.82, 2.24) is 5.43 Å². The van der Waals surface area contributed by atoms with Crippen LogP contribution in [0.4, 0.5) is 0 Å². The topological polar surface area (TPSA) is 41.5 Å². The van der Waals surface area contributed by atoms with Gasteiger partial charge in [0.25, 0.3) is 0 Å². The van der Waals surface area contributed by atoms with Gasteiger partial charge in [-0.1, -0.05) is 114 Å². The summed E-state index contributed by atoms with van der Waals surface area (Å²) in [4.78, 5) is 11.8. The lowest BCUT2D eigenvalue weighted by Gasteiger charge is -2.03. The monoisotopic (exact) mass is 372 g/mol. The van der Waals surface area contributed by atoms with E-state index in [4.69, 9.17) is 0 Å². The second-order valence-corrected chi connectivity index (χ2v) is 7.70. The summed E-state index contributed by atoms with van der Waals surface area (Å²) < 4.78 is 0. The van der Waals surface area contributed by atoms with Crippen molar-refractivity contribution in [3.63, 3.8) is 0 Å². The molecule has 3 heteroatoms. The van der Waals surface area contributed by atoms with Crippen LogP contribution in [0.25, 0.3) is 0 Å². The fourth-order valence-electron chi connectivity index (χ4n) is 3.19. The molecule has 0 saturated carbocycles. The van der Waals surface area contributed by atoms with Gasteiger partial charge in [-0.15, -0.1) is 0 Å². The van der Waals surface area contributed by atoms with Crippen LogP contribution in [0.15, 0.2) is 29.4 Å². The Balaban J connectivity index is 1.87. The Bertz CT molecular complexity index is 508. The third-order valence-corrected chi connectivity index (χ3v) is 4.99. The largest absolute Gasteiger partial charge is 0.273 e. The molecule has 0 spiro atoms. The number of hydrogen-bond donors (Lipinski definition) is 1. The van der Waals surface area contributed by atoms with Crippen LogP contribution in [0, 0.1) is 6.92 Å². The summed E-state index contributed by atoms with van der Waals surface area (Å²) in [6.45, 7) is 4.32. The van der Waals surface area contributed by atoms with Crippen LogP contribution >= 0.6 is 0 Å². The molecule has 0 aliphatic rings. The molecule has 0 aliphatic carbocycles. The van der Waals surface area contributed by atoms with Crippen LogP contribution in [-0.4, -0.2) is 12.1 Å². The van der Waals surface area contributed by atoms with Crippen LogP contribution in [0.3, 0.4) is 0 Å². The van der Waals surface area contributed by atoms with Gasteiger partial charge in [0.1, 0.15) is 0 Å². The van der Waals surface area contributed by atoms with E-state index in [0.29, 0.717) is 6.42 Å². The van der Waals surface area contributed by atoms with Gasteiger partial charge in [-0.2, -0.15) is 5.10 Å². The molecule has 0 aromatic heterocycles. The van der Waals surface area contributed by atoms with Gasteiger partial charge in [0.05, 0.1) is 6.21 Å². The van der Waals surface area contributed by atoms with E-state index >= 15 is 0 Å². The zero-order valence-corrected chi connectivity index (χ0v) is 17.6. The van der Waals surface area contributed by atoms with E-state index in [1.54, 1.807) is 6.21 Å². The Kier molecular flexibility index (Phi) is 14.3. The minimum atomic E-state index is 0.0152. The van der Waals surface area contributed by atoms with Gasteiger partial charge in [0, 0.05) is 6.42 Å². The fraction of sp³-hybridized carbons (Fsp3) is 0.667. The first-order valence-corrected chi connectivity index (χ1v) is 11.1. The number of unbranched alkanes of at least 4 members (excludes halogenated alkanes) is 12. The lowest BCUT2D eigenvalue weighted by atomic mass is 10.0. The highest BCUT2D eigenvalue weighted by atomic mass is 16.2. The summed E-state index contributed by atoms with van der Waals surface area (Å²) in [6, 6.07) is 8.07. The Morgan fingerprint density at radius 2 is 1.30 bits per heavy atom. The minimum Gasteiger partial charge on any atom is -0.273 e.